The minimum Gasteiger partial charge on any atom is -0.507 e. The second-order valence-corrected chi connectivity index (χ2v) is 7.85. The van der Waals surface area contributed by atoms with Crippen molar-refractivity contribution in [2.24, 2.45) is 5.92 Å². The Kier molecular flexibility index (Phi) is 7.86. The molecule has 146 valence electrons. The number of nitrogens with zero attached hydrogens (tertiary/aromatic N) is 1. The fourth-order valence-electron chi connectivity index (χ4n) is 4.02. The van der Waals surface area contributed by atoms with Crippen LogP contribution < -0.4 is 11.1 Å². The smallest absolute Gasteiger partial charge is 0.255 e. The van der Waals surface area contributed by atoms with Crippen LogP contribution in [0.2, 0.25) is 5.02 Å². The molecule has 1 amide bonds. The van der Waals surface area contributed by atoms with Crippen molar-refractivity contribution in [3.63, 3.8) is 0 Å². The Hall–Kier alpha value is -1.17. The van der Waals surface area contributed by atoms with E-state index in [1.54, 1.807) is 0 Å². The summed E-state index contributed by atoms with van der Waals surface area (Å²) in [6.07, 6.45) is 8.79. The normalized spacial score (nSPS) is 19.7. The molecule has 1 aromatic rings. The largest absolute Gasteiger partial charge is 0.507 e. The molecule has 4 N–H and O–H groups in total. The van der Waals surface area contributed by atoms with Crippen LogP contribution in [0.1, 0.15) is 55.3 Å². The monoisotopic (exact) mass is 401 g/mol. The predicted molar refractivity (Wildman–Crippen MR) is 108 cm³/mol. The van der Waals surface area contributed by atoms with Crippen LogP contribution >= 0.6 is 24.0 Å². The van der Waals surface area contributed by atoms with Crippen molar-refractivity contribution in [2.75, 3.05) is 25.4 Å². The van der Waals surface area contributed by atoms with Crippen LogP contribution in [0.15, 0.2) is 12.1 Å². The molecule has 5 nitrogen and oxygen atoms in total. The zero-order valence-corrected chi connectivity index (χ0v) is 16.6. The average molecular weight is 402 g/mol. The molecule has 0 atom stereocenters. The molecule has 0 bridgehead atoms. The lowest BCUT2D eigenvalue weighted by Crippen LogP contribution is -2.46. The molecule has 0 radical (unpaired) electrons. The van der Waals surface area contributed by atoms with E-state index in [1.165, 1.54) is 50.8 Å². The van der Waals surface area contributed by atoms with E-state index in [1.807, 2.05) is 0 Å². The number of benzene rings is 1. The summed E-state index contributed by atoms with van der Waals surface area (Å²) < 4.78 is 0. The molecule has 7 heteroatoms. The van der Waals surface area contributed by atoms with Gasteiger partial charge in [0.1, 0.15) is 5.75 Å². The number of nitrogens with one attached hydrogen (secondary N) is 1. The highest BCUT2D eigenvalue weighted by Gasteiger charge is 2.24. The van der Waals surface area contributed by atoms with Crippen LogP contribution in [0.25, 0.3) is 0 Å². The summed E-state index contributed by atoms with van der Waals surface area (Å²) in [5.74, 6) is 0.438. The second kappa shape index (κ2) is 9.67. The Morgan fingerprint density at radius 3 is 2.50 bits per heavy atom. The molecule has 26 heavy (non-hydrogen) atoms. The maximum atomic E-state index is 12.4. The first-order chi connectivity index (χ1) is 12.0. The van der Waals surface area contributed by atoms with Crippen molar-refractivity contribution in [1.82, 2.24) is 10.2 Å². The number of nitrogens with two attached hydrogens (primary N) is 1. The minimum atomic E-state index is -0.287. The number of amides is 1. The standard InChI is InChI=1S/C19H28ClN3O2.ClH/c20-16-10-15(18(24)11-17(16)21)19(25)22-14-6-8-23(9-7-14)12-13-4-2-1-3-5-13;/h10-11,13-14,24H,1-9,12,21H2,(H,22,25);1H. The van der Waals surface area contributed by atoms with Crippen molar-refractivity contribution < 1.29 is 9.90 Å². The molecule has 2 fully saturated rings. The molecular weight excluding hydrogens is 373 g/mol. The number of nitrogen functional groups attached to an aromatic ring is 1. The first-order valence-corrected chi connectivity index (χ1v) is 9.72. The Morgan fingerprint density at radius 1 is 1.19 bits per heavy atom. The maximum Gasteiger partial charge on any atom is 0.255 e. The van der Waals surface area contributed by atoms with Crippen LogP contribution in [0, 0.1) is 5.92 Å². The molecule has 1 heterocycles. The number of likely N-dealkylation sites (tertiary alicyclic amines) is 1. The Morgan fingerprint density at radius 2 is 1.85 bits per heavy atom. The lowest BCUT2D eigenvalue weighted by atomic mass is 9.88. The molecule has 1 aliphatic carbocycles. The van der Waals surface area contributed by atoms with Crippen LogP contribution in [0.5, 0.6) is 5.75 Å². The van der Waals surface area contributed by atoms with E-state index < -0.39 is 0 Å². The van der Waals surface area contributed by atoms with E-state index in [9.17, 15) is 9.90 Å². The summed E-state index contributed by atoms with van der Waals surface area (Å²) in [4.78, 5) is 14.9. The molecule has 1 aliphatic heterocycles. The Balaban J connectivity index is 0.00000243. The van der Waals surface area contributed by atoms with Crippen molar-refractivity contribution in [3.05, 3.63) is 22.7 Å². The van der Waals surface area contributed by atoms with Crippen LogP contribution in [0.3, 0.4) is 0 Å². The van der Waals surface area contributed by atoms with Gasteiger partial charge in [-0.25, -0.2) is 0 Å². The zero-order valence-electron chi connectivity index (χ0n) is 15.0. The molecule has 3 rings (SSSR count). The van der Waals surface area contributed by atoms with Gasteiger partial charge in [-0.15, -0.1) is 12.4 Å². The summed E-state index contributed by atoms with van der Waals surface area (Å²) in [6, 6.07) is 2.90. The van der Waals surface area contributed by atoms with Crippen molar-refractivity contribution >= 4 is 35.6 Å². The number of piperidine rings is 1. The number of anilines is 1. The average Bonchev–Trinajstić information content (AvgIpc) is 2.60. The number of phenolic OH excluding ortho intramolecular Hbond substituents is 1. The van der Waals surface area contributed by atoms with Gasteiger partial charge < -0.3 is 21.1 Å². The topological polar surface area (TPSA) is 78.6 Å². The van der Waals surface area contributed by atoms with Gasteiger partial charge in [0.15, 0.2) is 0 Å². The number of hydrogen-bond donors (Lipinski definition) is 3. The number of hydrogen-bond acceptors (Lipinski definition) is 4. The molecule has 2 aliphatic rings. The molecule has 0 unspecified atom stereocenters. The quantitative estimate of drug-likeness (QED) is 0.669. The highest BCUT2D eigenvalue weighted by molar-refractivity contribution is 6.33. The molecule has 1 saturated carbocycles. The molecule has 1 aromatic carbocycles. The minimum absolute atomic E-state index is 0. The van der Waals surface area contributed by atoms with E-state index in [-0.39, 0.29) is 46.4 Å². The highest BCUT2D eigenvalue weighted by Crippen LogP contribution is 2.28. The Labute approximate surface area is 166 Å². The second-order valence-electron chi connectivity index (χ2n) is 7.44. The van der Waals surface area contributed by atoms with Gasteiger partial charge in [-0.2, -0.15) is 0 Å². The first-order valence-electron chi connectivity index (χ1n) is 9.34. The summed E-state index contributed by atoms with van der Waals surface area (Å²) in [7, 11) is 0. The van der Waals surface area contributed by atoms with Gasteiger partial charge in [0, 0.05) is 31.7 Å². The predicted octanol–water partition coefficient (Wildman–Crippen LogP) is 3.82. The molecule has 1 saturated heterocycles. The fourth-order valence-corrected chi connectivity index (χ4v) is 4.18. The van der Waals surface area contributed by atoms with Crippen molar-refractivity contribution in [2.45, 2.75) is 51.0 Å². The third-order valence-electron chi connectivity index (χ3n) is 5.52. The summed E-state index contributed by atoms with van der Waals surface area (Å²) >= 11 is 5.96. The van der Waals surface area contributed by atoms with Gasteiger partial charge in [0.2, 0.25) is 0 Å². The van der Waals surface area contributed by atoms with Gasteiger partial charge in [0.05, 0.1) is 16.3 Å². The van der Waals surface area contributed by atoms with E-state index in [0.717, 1.165) is 31.8 Å². The third kappa shape index (κ3) is 5.41. The summed E-state index contributed by atoms with van der Waals surface area (Å²) in [5.41, 5.74) is 6.09. The van der Waals surface area contributed by atoms with Crippen LogP contribution in [0.4, 0.5) is 5.69 Å². The van der Waals surface area contributed by atoms with Crippen molar-refractivity contribution in [1.29, 1.82) is 0 Å². The number of phenols is 1. The van der Waals surface area contributed by atoms with Crippen LogP contribution in [-0.2, 0) is 0 Å². The van der Waals surface area contributed by atoms with Gasteiger partial charge in [0.25, 0.3) is 5.91 Å². The maximum absolute atomic E-state index is 12.4. The SMILES string of the molecule is Cl.Nc1cc(O)c(C(=O)NC2CCN(CC3CCCCC3)CC2)cc1Cl. The number of halogens is 2. The zero-order chi connectivity index (χ0) is 17.8. The van der Waals surface area contributed by atoms with Crippen LogP contribution in [-0.4, -0.2) is 41.6 Å². The number of aromatic hydroxyl groups is 1. The molecule has 0 spiro atoms. The summed E-state index contributed by atoms with van der Waals surface area (Å²) in [5, 5.41) is 13.2. The third-order valence-corrected chi connectivity index (χ3v) is 5.85. The Bertz CT molecular complexity index is 613. The first kappa shape index (κ1) is 21.1. The highest BCUT2D eigenvalue weighted by atomic mass is 35.5. The molecule has 0 aromatic heterocycles. The number of carbonyl (C=O) groups is 1. The number of rotatable bonds is 4. The van der Waals surface area contributed by atoms with Gasteiger partial charge in [-0.05, 0) is 37.7 Å². The van der Waals surface area contributed by atoms with Crippen molar-refractivity contribution in [3.8, 4) is 5.75 Å². The fraction of sp³-hybridized carbons (Fsp3) is 0.632. The lowest BCUT2D eigenvalue weighted by Gasteiger charge is -2.35. The molecular formula is C19H29Cl2N3O2. The lowest BCUT2D eigenvalue weighted by molar-refractivity contribution is 0.0899. The van der Waals surface area contributed by atoms with Gasteiger partial charge >= 0.3 is 0 Å². The van der Waals surface area contributed by atoms with E-state index in [4.69, 9.17) is 17.3 Å². The van der Waals surface area contributed by atoms with E-state index >= 15 is 0 Å². The van der Waals surface area contributed by atoms with Gasteiger partial charge in [-0.3, -0.25) is 4.79 Å². The summed E-state index contributed by atoms with van der Waals surface area (Å²) in [6.45, 7) is 3.25. The van der Waals surface area contributed by atoms with Gasteiger partial charge in [-0.1, -0.05) is 30.9 Å². The number of carbonyl (C=O) groups excluding carboxylic acids is 1. The van der Waals surface area contributed by atoms with E-state index in [2.05, 4.69) is 10.2 Å². The van der Waals surface area contributed by atoms with E-state index in [0.29, 0.717) is 0 Å².